The Labute approximate surface area is 196 Å². The minimum absolute atomic E-state index is 0.0124. The lowest BCUT2D eigenvalue weighted by Gasteiger charge is -2.24. The highest BCUT2D eigenvalue weighted by Gasteiger charge is 2.34. The molecule has 0 radical (unpaired) electrons. The molecule has 1 saturated heterocycles. The normalized spacial score (nSPS) is 15.6. The van der Waals surface area contributed by atoms with Crippen LogP contribution in [0.15, 0.2) is 53.7 Å². The number of nitrogens with zero attached hydrogens (tertiary/aromatic N) is 4. The van der Waals surface area contributed by atoms with Crippen molar-refractivity contribution < 1.29 is 14.0 Å². The Balaban J connectivity index is 1.46. The van der Waals surface area contributed by atoms with Gasteiger partial charge in [-0.1, -0.05) is 41.6 Å². The van der Waals surface area contributed by atoms with Crippen LogP contribution in [0.3, 0.4) is 0 Å². The van der Waals surface area contributed by atoms with Crippen LogP contribution in [0.25, 0.3) is 0 Å². The van der Waals surface area contributed by atoms with E-state index < -0.39 is 5.82 Å². The molecule has 33 heavy (non-hydrogen) atoms. The molecule has 3 aromatic rings. The van der Waals surface area contributed by atoms with Gasteiger partial charge in [-0.15, -0.1) is 10.2 Å². The molecule has 172 valence electrons. The van der Waals surface area contributed by atoms with Crippen molar-refractivity contribution in [3.05, 3.63) is 71.3 Å². The maximum absolute atomic E-state index is 13.8. The first-order chi connectivity index (χ1) is 16.0. The van der Waals surface area contributed by atoms with Crippen LogP contribution in [0, 0.1) is 12.7 Å². The molecule has 1 aliphatic heterocycles. The van der Waals surface area contributed by atoms with Crippen molar-refractivity contribution in [2.45, 2.75) is 44.4 Å². The Hall–Kier alpha value is -3.20. The third kappa shape index (κ3) is 5.08. The molecule has 1 aliphatic rings. The van der Waals surface area contributed by atoms with Crippen molar-refractivity contribution >= 4 is 29.3 Å². The highest BCUT2D eigenvalue weighted by molar-refractivity contribution is 7.99. The number of halogens is 1. The summed E-state index contributed by atoms with van der Waals surface area (Å²) in [4.78, 5) is 27.3. The van der Waals surface area contributed by atoms with Gasteiger partial charge in [0.1, 0.15) is 5.82 Å². The molecule has 2 heterocycles. The molecule has 0 bridgehead atoms. The molecule has 1 fully saturated rings. The van der Waals surface area contributed by atoms with Gasteiger partial charge >= 0.3 is 0 Å². The summed E-state index contributed by atoms with van der Waals surface area (Å²) in [6.45, 7) is 5.26. The van der Waals surface area contributed by atoms with Crippen LogP contribution in [-0.4, -0.2) is 43.8 Å². The number of aromatic nitrogens is 3. The molecular formula is C24H26FN5O2S. The van der Waals surface area contributed by atoms with Crippen molar-refractivity contribution in [2.75, 3.05) is 17.6 Å². The van der Waals surface area contributed by atoms with Gasteiger partial charge in [-0.2, -0.15) is 0 Å². The number of likely N-dealkylation sites (tertiary alicyclic amines) is 1. The fourth-order valence-corrected chi connectivity index (χ4v) is 4.78. The smallest absolute Gasteiger partial charge is 0.254 e. The molecule has 0 spiro atoms. The van der Waals surface area contributed by atoms with Gasteiger partial charge in [-0.25, -0.2) is 4.39 Å². The van der Waals surface area contributed by atoms with Crippen molar-refractivity contribution in [1.29, 1.82) is 0 Å². The number of nitrogens with one attached hydrogen (secondary N) is 1. The van der Waals surface area contributed by atoms with Crippen LogP contribution in [0.5, 0.6) is 0 Å². The second-order valence-corrected chi connectivity index (χ2v) is 8.87. The summed E-state index contributed by atoms with van der Waals surface area (Å²) >= 11 is 1.24. The van der Waals surface area contributed by atoms with E-state index in [0.29, 0.717) is 23.8 Å². The summed E-state index contributed by atoms with van der Waals surface area (Å²) in [6.07, 6.45) is 1.71. The number of anilines is 1. The highest BCUT2D eigenvalue weighted by Crippen LogP contribution is 2.34. The Morgan fingerprint density at radius 2 is 1.91 bits per heavy atom. The number of amides is 2. The van der Waals surface area contributed by atoms with Gasteiger partial charge < -0.3 is 14.8 Å². The van der Waals surface area contributed by atoms with E-state index in [1.165, 1.54) is 23.9 Å². The predicted octanol–water partition coefficient (Wildman–Crippen LogP) is 4.45. The molecule has 2 aromatic carbocycles. The number of thioether (sulfide) groups is 1. The Bertz CT molecular complexity index is 1150. The van der Waals surface area contributed by atoms with Crippen LogP contribution in [0.2, 0.25) is 0 Å². The van der Waals surface area contributed by atoms with E-state index in [1.807, 2.05) is 47.6 Å². The topological polar surface area (TPSA) is 80.1 Å². The first-order valence-corrected chi connectivity index (χ1v) is 11.9. The van der Waals surface area contributed by atoms with Crippen LogP contribution in [0.1, 0.15) is 47.6 Å². The first-order valence-electron chi connectivity index (χ1n) is 11.0. The van der Waals surface area contributed by atoms with E-state index in [0.717, 1.165) is 24.2 Å². The lowest BCUT2D eigenvalue weighted by atomic mass is 10.1. The highest BCUT2D eigenvalue weighted by atomic mass is 32.2. The van der Waals surface area contributed by atoms with E-state index >= 15 is 0 Å². The maximum atomic E-state index is 13.8. The third-order valence-electron chi connectivity index (χ3n) is 5.65. The molecule has 1 atom stereocenters. The van der Waals surface area contributed by atoms with E-state index in [2.05, 4.69) is 15.5 Å². The van der Waals surface area contributed by atoms with Crippen LogP contribution in [-0.2, 0) is 11.3 Å². The minimum atomic E-state index is -0.477. The van der Waals surface area contributed by atoms with Gasteiger partial charge in [0.05, 0.1) is 17.5 Å². The average molecular weight is 468 g/mol. The van der Waals surface area contributed by atoms with E-state index in [1.54, 1.807) is 12.1 Å². The van der Waals surface area contributed by atoms with Gasteiger partial charge in [-0.05, 0) is 51.0 Å². The molecule has 0 aliphatic carbocycles. The lowest BCUT2D eigenvalue weighted by Crippen LogP contribution is -2.32. The Morgan fingerprint density at radius 1 is 1.15 bits per heavy atom. The second-order valence-electron chi connectivity index (χ2n) is 7.92. The average Bonchev–Trinajstić information content (AvgIpc) is 3.45. The Kier molecular flexibility index (Phi) is 7.08. The number of benzene rings is 2. The van der Waals surface area contributed by atoms with E-state index in [9.17, 15) is 14.0 Å². The van der Waals surface area contributed by atoms with Gasteiger partial charge in [0, 0.05) is 18.7 Å². The summed E-state index contributed by atoms with van der Waals surface area (Å²) in [7, 11) is 0. The largest absolute Gasteiger partial charge is 0.328 e. The summed E-state index contributed by atoms with van der Waals surface area (Å²) in [5.74, 6) is -0.0127. The fourth-order valence-electron chi connectivity index (χ4n) is 3.97. The number of carbonyl (C=O) groups excluding carboxylic acids is 2. The first kappa shape index (κ1) is 23.0. The van der Waals surface area contributed by atoms with Gasteiger partial charge in [-0.3, -0.25) is 9.59 Å². The fraction of sp³-hybridized carbons (Fsp3) is 0.333. The van der Waals surface area contributed by atoms with Crippen molar-refractivity contribution in [1.82, 2.24) is 19.7 Å². The SMILES string of the molecule is CCn1c(SCC(=O)Nc2ccccc2F)nnc1C1CCCN1C(=O)c1ccc(C)cc1. The zero-order valence-electron chi connectivity index (χ0n) is 18.6. The van der Waals surface area contributed by atoms with Gasteiger partial charge in [0.15, 0.2) is 11.0 Å². The van der Waals surface area contributed by atoms with Crippen LogP contribution >= 0.6 is 11.8 Å². The van der Waals surface area contributed by atoms with Crippen molar-refractivity contribution in [2.24, 2.45) is 0 Å². The molecule has 1 N–H and O–H groups in total. The minimum Gasteiger partial charge on any atom is -0.328 e. The molecule has 1 aromatic heterocycles. The zero-order valence-corrected chi connectivity index (χ0v) is 19.4. The molecule has 9 heteroatoms. The number of hydrogen-bond acceptors (Lipinski definition) is 5. The molecular weight excluding hydrogens is 441 g/mol. The molecule has 0 saturated carbocycles. The summed E-state index contributed by atoms with van der Waals surface area (Å²) in [5, 5.41) is 11.9. The summed E-state index contributed by atoms with van der Waals surface area (Å²) in [5.41, 5.74) is 1.92. The Morgan fingerprint density at radius 3 is 2.64 bits per heavy atom. The van der Waals surface area contributed by atoms with Crippen molar-refractivity contribution in [3.8, 4) is 0 Å². The lowest BCUT2D eigenvalue weighted by molar-refractivity contribution is -0.113. The van der Waals surface area contributed by atoms with Crippen LogP contribution < -0.4 is 5.32 Å². The summed E-state index contributed by atoms with van der Waals surface area (Å²) < 4.78 is 15.7. The number of hydrogen-bond donors (Lipinski definition) is 1. The molecule has 2 amide bonds. The van der Waals surface area contributed by atoms with E-state index in [-0.39, 0.29) is 29.3 Å². The molecule has 4 rings (SSSR count). The number of carbonyl (C=O) groups is 2. The van der Waals surface area contributed by atoms with Gasteiger partial charge in [0.25, 0.3) is 5.91 Å². The van der Waals surface area contributed by atoms with Gasteiger partial charge in [0.2, 0.25) is 5.91 Å². The maximum Gasteiger partial charge on any atom is 0.254 e. The number of aryl methyl sites for hydroxylation is 1. The van der Waals surface area contributed by atoms with Crippen molar-refractivity contribution in [3.63, 3.8) is 0 Å². The third-order valence-corrected chi connectivity index (χ3v) is 6.62. The van der Waals surface area contributed by atoms with E-state index in [4.69, 9.17) is 0 Å². The monoisotopic (exact) mass is 467 g/mol. The second kappa shape index (κ2) is 10.2. The number of rotatable bonds is 7. The number of para-hydroxylation sites is 1. The summed E-state index contributed by atoms with van der Waals surface area (Å²) in [6, 6.07) is 13.5. The predicted molar refractivity (Wildman–Crippen MR) is 126 cm³/mol. The molecule has 7 nitrogen and oxygen atoms in total. The molecule has 1 unspecified atom stereocenters. The van der Waals surface area contributed by atoms with Crippen LogP contribution in [0.4, 0.5) is 10.1 Å². The quantitative estimate of drug-likeness (QED) is 0.519. The zero-order chi connectivity index (χ0) is 23.4. The standard InChI is InChI=1S/C24H26FN5O2S/c1-3-29-22(20-9-6-14-30(20)23(32)17-12-10-16(2)11-13-17)27-28-24(29)33-15-21(31)26-19-8-5-4-7-18(19)25/h4-5,7-8,10-13,20H,3,6,9,14-15H2,1-2H3,(H,26,31).